The fourth-order valence-electron chi connectivity index (χ4n) is 1.52. The van der Waals surface area contributed by atoms with Crippen molar-refractivity contribution in [1.82, 2.24) is 0 Å². The largest absolute Gasteiger partial charge is 0.454 e. The Morgan fingerprint density at radius 2 is 1.61 bits per heavy atom. The lowest BCUT2D eigenvalue weighted by Gasteiger charge is -2.08. The molecular formula is C16H19FO. The SMILES string of the molecule is CC.CCc1cccc(Oc2ccccc2)c1F. The molecule has 0 saturated heterocycles. The summed E-state index contributed by atoms with van der Waals surface area (Å²) in [5, 5.41) is 0. The highest BCUT2D eigenvalue weighted by Crippen LogP contribution is 2.26. The lowest BCUT2D eigenvalue weighted by atomic mass is 10.1. The van der Waals surface area contributed by atoms with Gasteiger partial charge in [-0.1, -0.05) is 51.1 Å². The molecule has 18 heavy (non-hydrogen) atoms. The van der Waals surface area contributed by atoms with E-state index in [1.807, 2.05) is 39.0 Å². The third kappa shape index (κ3) is 3.59. The maximum Gasteiger partial charge on any atom is 0.168 e. The number of hydrogen-bond donors (Lipinski definition) is 0. The first-order valence-corrected chi connectivity index (χ1v) is 6.31. The van der Waals surface area contributed by atoms with Gasteiger partial charge in [0.25, 0.3) is 0 Å². The lowest BCUT2D eigenvalue weighted by Crippen LogP contribution is -1.92. The molecule has 2 aromatic rings. The topological polar surface area (TPSA) is 9.23 Å². The number of aryl methyl sites for hydroxylation is 1. The van der Waals surface area contributed by atoms with Crippen molar-refractivity contribution in [3.05, 3.63) is 59.9 Å². The second kappa shape index (κ2) is 7.49. The summed E-state index contributed by atoms with van der Waals surface area (Å²) in [6.45, 7) is 5.92. The van der Waals surface area contributed by atoms with Crippen LogP contribution in [0.2, 0.25) is 0 Å². The van der Waals surface area contributed by atoms with E-state index in [-0.39, 0.29) is 11.6 Å². The summed E-state index contributed by atoms with van der Waals surface area (Å²) in [6, 6.07) is 14.4. The quantitative estimate of drug-likeness (QED) is 0.722. The number of para-hydroxylation sites is 1. The molecule has 0 fully saturated rings. The highest BCUT2D eigenvalue weighted by molar-refractivity contribution is 5.35. The van der Waals surface area contributed by atoms with E-state index in [1.54, 1.807) is 30.3 Å². The van der Waals surface area contributed by atoms with Crippen molar-refractivity contribution < 1.29 is 9.13 Å². The van der Waals surface area contributed by atoms with E-state index in [0.717, 1.165) is 0 Å². The highest BCUT2D eigenvalue weighted by atomic mass is 19.1. The van der Waals surface area contributed by atoms with Crippen LogP contribution in [0.4, 0.5) is 4.39 Å². The van der Waals surface area contributed by atoms with Gasteiger partial charge in [0.2, 0.25) is 0 Å². The normalized spacial score (nSPS) is 9.33. The van der Waals surface area contributed by atoms with Crippen LogP contribution < -0.4 is 4.74 Å². The van der Waals surface area contributed by atoms with Crippen molar-refractivity contribution in [3.63, 3.8) is 0 Å². The van der Waals surface area contributed by atoms with Crippen molar-refractivity contribution in [2.45, 2.75) is 27.2 Å². The molecule has 0 aliphatic heterocycles. The van der Waals surface area contributed by atoms with Gasteiger partial charge in [-0.3, -0.25) is 0 Å². The predicted molar refractivity (Wildman–Crippen MR) is 73.6 cm³/mol. The molecule has 0 unspecified atom stereocenters. The van der Waals surface area contributed by atoms with Crippen LogP contribution in [0.3, 0.4) is 0 Å². The lowest BCUT2D eigenvalue weighted by molar-refractivity contribution is 0.439. The Balaban J connectivity index is 0.000000771. The summed E-state index contributed by atoms with van der Waals surface area (Å²) < 4.78 is 19.3. The van der Waals surface area contributed by atoms with Gasteiger partial charge in [-0.2, -0.15) is 0 Å². The number of rotatable bonds is 3. The third-order valence-electron chi connectivity index (χ3n) is 2.40. The van der Waals surface area contributed by atoms with E-state index in [1.165, 1.54) is 0 Å². The monoisotopic (exact) mass is 246 g/mol. The zero-order valence-electron chi connectivity index (χ0n) is 11.1. The van der Waals surface area contributed by atoms with E-state index in [9.17, 15) is 4.39 Å². The minimum absolute atomic E-state index is 0.270. The molecule has 0 radical (unpaired) electrons. The van der Waals surface area contributed by atoms with Gasteiger partial charge in [0.05, 0.1) is 0 Å². The molecule has 0 aliphatic rings. The molecule has 0 spiro atoms. The van der Waals surface area contributed by atoms with Crippen LogP contribution in [0.1, 0.15) is 26.3 Å². The fourth-order valence-corrected chi connectivity index (χ4v) is 1.52. The zero-order valence-corrected chi connectivity index (χ0v) is 11.1. The molecule has 2 aromatic carbocycles. The maximum atomic E-state index is 13.8. The van der Waals surface area contributed by atoms with E-state index in [2.05, 4.69) is 0 Å². The van der Waals surface area contributed by atoms with Crippen LogP contribution in [-0.4, -0.2) is 0 Å². The van der Waals surface area contributed by atoms with Crippen LogP contribution in [0.25, 0.3) is 0 Å². The fraction of sp³-hybridized carbons (Fsp3) is 0.250. The van der Waals surface area contributed by atoms with Crippen molar-refractivity contribution in [2.75, 3.05) is 0 Å². The van der Waals surface area contributed by atoms with Crippen molar-refractivity contribution in [1.29, 1.82) is 0 Å². The molecule has 2 heteroatoms. The van der Waals surface area contributed by atoms with Crippen molar-refractivity contribution in [2.24, 2.45) is 0 Å². The summed E-state index contributed by atoms with van der Waals surface area (Å²) in [4.78, 5) is 0. The molecule has 2 rings (SSSR count). The van der Waals surface area contributed by atoms with Gasteiger partial charge < -0.3 is 4.74 Å². The van der Waals surface area contributed by atoms with Crippen molar-refractivity contribution >= 4 is 0 Å². The van der Waals surface area contributed by atoms with Crippen LogP contribution in [0, 0.1) is 5.82 Å². The summed E-state index contributed by atoms with van der Waals surface area (Å²) in [6.07, 6.45) is 0.665. The van der Waals surface area contributed by atoms with E-state index >= 15 is 0 Å². The predicted octanol–water partition coefficient (Wildman–Crippen LogP) is 5.21. The van der Waals surface area contributed by atoms with E-state index in [4.69, 9.17) is 4.74 Å². The second-order valence-corrected chi connectivity index (χ2v) is 3.50. The molecule has 0 aromatic heterocycles. The Labute approximate surface area is 108 Å². The molecular weight excluding hydrogens is 227 g/mol. The Kier molecular flexibility index (Phi) is 5.92. The van der Waals surface area contributed by atoms with E-state index in [0.29, 0.717) is 17.7 Å². The Bertz CT molecular complexity index is 466. The van der Waals surface area contributed by atoms with Crippen molar-refractivity contribution in [3.8, 4) is 11.5 Å². The van der Waals surface area contributed by atoms with Gasteiger partial charge in [-0.05, 0) is 30.2 Å². The second-order valence-electron chi connectivity index (χ2n) is 3.50. The Hall–Kier alpha value is -1.83. The van der Waals surface area contributed by atoms with Crippen LogP contribution in [0.15, 0.2) is 48.5 Å². The molecule has 96 valence electrons. The number of halogens is 1. The first-order chi connectivity index (χ1) is 8.81. The average molecular weight is 246 g/mol. The highest BCUT2D eigenvalue weighted by Gasteiger charge is 2.07. The summed E-state index contributed by atoms with van der Waals surface area (Å²) in [5.41, 5.74) is 0.674. The minimum atomic E-state index is -0.270. The third-order valence-corrected chi connectivity index (χ3v) is 2.40. The molecule has 0 bridgehead atoms. The van der Waals surface area contributed by atoms with Gasteiger partial charge >= 0.3 is 0 Å². The molecule has 0 amide bonds. The van der Waals surface area contributed by atoms with E-state index < -0.39 is 0 Å². The smallest absolute Gasteiger partial charge is 0.168 e. The summed E-state index contributed by atoms with van der Waals surface area (Å²) >= 11 is 0. The number of ether oxygens (including phenoxy) is 1. The average Bonchev–Trinajstić information content (AvgIpc) is 2.44. The molecule has 0 N–H and O–H groups in total. The van der Waals surface area contributed by atoms with Crippen LogP contribution in [-0.2, 0) is 6.42 Å². The Morgan fingerprint density at radius 1 is 0.944 bits per heavy atom. The number of benzene rings is 2. The number of hydrogen-bond acceptors (Lipinski definition) is 1. The maximum absolute atomic E-state index is 13.8. The van der Waals surface area contributed by atoms with Gasteiger partial charge in [-0.25, -0.2) is 4.39 Å². The Morgan fingerprint density at radius 3 is 2.22 bits per heavy atom. The van der Waals surface area contributed by atoms with Crippen LogP contribution >= 0.6 is 0 Å². The standard InChI is InChI=1S/C14H13FO.C2H6/c1-2-11-7-6-10-13(14(11)15)16-12-8-4-3-5-9-12;1-2/h3-10H,2H2,1H3;1-2H3. The first kappa shape index (κ1) is 14.2. The van der Waals surface area contributed by atoms with Gasteiger partial charge in [0.15, 0.2) is 11.6 Å². The van der Waals surface area contributed by atoms with Gasteiger partial charge in [-0.15, -0.1) is 0 Å². The molecule has 0 heterocycles. The summed E-state index contributed by atoms with van der Waals surface area (Å²) in [7, 11) is 0. The van der Waals surface area contributed by atoms with Gasteiger partial charge in [0.1, 0.15) is 5.75 Å². The molecule has 0 saturated carbocycles. The summed E-state index contributed by atoms with van der Waals surface area (Å²) in [5.74, 6) is 0.661. The first-order valence-electron chi connectivity index (χ1n) is 6.31. The van der Waals surface area contributed by atoms with Gasteiger partial charge in [0, 0.05) is 0 Å². The molecule has 1 nitrogen and oxygen atoms in total. The molecule has 0 aliphatic carbocycles. The van der Waals surface area contributed by atoms with Crippen LogP contribution in [0.5, 0.6) is 11.5 Å². The molecule has 0 atom stereocenters. The minimum Gasteiger partial charge on any atom is -0.454 e. The zero-order chi connectivity index (χ0) is 13.4.